The maximum atomic E-state index is 12.2. The maximum absolute atomic E-state index is 12.2. The average Bonchev–Trinajstić information content (AvgIpc) is 2.53. The summed E-state index contributed by atoms with van der Waals surface area (Å²) >= 11 is 0. The molecule has 0 spiro atoms. The van der Waals surface area contributed by atoms with Crippen LogP contribution in [0.4, 0.5) is 5.69 Å². The first-order valence-electron chi connectivity index (χ1n) is 7.98. The molecule has 1 aromatic rings. The summed E-state index contributed by atoms with van der Waals surface area (Å²) in [4.78, 5) is 14.4. The van der Waals surface area contributed by atoms with Crippen molar-refractivity contribution in [3.8, 4) is 0 Å². The van der Waals surface area contributed by atoms with Crippen LogP contribution in [0.15, 0.2) is 24.3 Å². The predicted molar refractivity (Wildman–Crippen MR) is 93.6 cm³/mol. The highest BCUT2D eigenvalue weighted by atomic mass is 32.2. The zero-order valence-electron chi connectivity index (χ0n) is 14.2. The number of morpholine rings is 1. The third-order valence-corrected chi connectivity index (χ3v) is 5.05. The van der Waals surface area contributed by atoms with Gasteiger partial charge in [-0.1, -0.05) is 18.2 Å². The highest BCUT2D eigenvalue weighted by Gasteiger charge is 2.22. The van der Waals surface area contributed by atoms with Crippen LogP contribution in [0.5, 0.6) is 0 Å². The standard InChI is InChI=1S/C16H25N3O4S/c1-14-5-3-4-6-15(14)19(24(2,21)22)13-16(20)17-7-8-18-9-11-23-12-10-18/h3-6H,7-13H2,1-2H3,(H,17,20). The lowest BCUT2D eigenvalue weighted by Crippen LogP contribution is -2.44. The molecular formula is C16H25N3O4S. The number of nitrogens with zero attached hydrogens (tertiary/aromatic N) is 2. The van der Waals surface area contributed by atoms with E-state index in [1.165, 1.54) is 0 Å². The molecule has 7 nitrogen and oxygen atoms in total. The second-order valence-corrected chi connectivity index (χ2v) is 7.77. The first-order valence-corrected chi connectivity index (χ1v) is 9.83. The molecule has 1 aliphatic rings. The molecule has 0 atom stereocenters. The SMILES string of the molecule is Cc1ccccc1N(CC(=O)NCCN1CCOCC1)S(C)(=O)=O. The maximum Gasteiger partial charge on any atom is 0.240 e. The summed E-state index contributed by atoms with van der Waals surface area (Å²) in [6.07, 6.45) is 1.11. The van der Waals surface area contributed by atoms with E-state index in [4.69, 9.17) is 4.74 Å². The zero-order chi connectivity index (χ0) is 17.6. The molecule has 0 aliphatic carbocycles. The van der Waals surface area contributed by atoms with Crippen molar-refractivity contribution in [2.24, 2.45) is 0 Å². The molecule has 134 valence electrons. The number of amides is 1. The van der Waals surface area contributed by atoms with Crippen molar-refractivity contribution in [1.29, 1.82) is 0 Å². The molecule has 0 bridgehead atoms. The summed E-state index contributed by atoms with van der Waals surface area (Å²) in [5, 5.41) is 2.79. The van der Waals surface area contributed by atoms with Gasteiger partial charge in [-0.05, 0) is 18.6 Å². The van der Waals surface area contributed by atoms with Gasteiger partial charge in [0.15, 0.2) is 0 Å². The molecule has 1 fully saturated rings. The lowest BCUT2D eigenvalue weighted by Gasteiger charge is -2.27. The number of benzene rings is 1. The van der Waals surface area contributed by atoms with E-state index in [0.29, 0.717) is 25.4 Å². The van der Waals surface area contributed by atoms with Crippen molar-refractivity contribution >= 4 is 21.6 Å². The van der Waals surface area contributed by atoms with Gasteiger partial charge in [0, 0.05) is 26.2 Å². The fraction of sp³-hybridized carbons (Fsp3) is 0.562. The third kappa shape index (κ3) is 5.47. The van der Waals surface area contributed by atoms with Gasteiger partial charge in [-0.15, -0.1) is 0 Å². The largest absolute Gasteiger partial charge is 0.379 e. The lowest BCUT2D eigenvalue weighted by atomic mass is 10.2. The van der Waals surface area contributed by atoms with E-state index in [2.05, 4.69) is 10.2 Å². The Hall–Kier alpha value is -1.64. The number of hydrogen-bond donors (Lipinski definition) is 1. The van der Waals surface area contributed by atoms with E-state index in [1.807, 2.05) is 19.1 Å². The molecule has 0 saturated carbocycles. The molecule has 1 aromatic carbocycles. The smallest absolute Gasteiger partial charge is 0.240 e. The number of sulfonamides is 1. The van der Waals surface area contributed by atoms with Crippen LogP contribution >= 0.6 is 0 Å². The average molecular weight is 355 g/mol. The number of aryl methyl sites for hydroxylation is 1. The minimum Gasteiger partial charge on any atom is -0.379 e. The summed E-state index contributed by atoms with van der Waals surface area (Å²) < 4.78 is 30.5. The third-order valence-electron chi connectivity index (χ3n) is 3.93. The van der Waals surface area contributed by atoms with Gasteiger partial charge in [-0.25, -0.2) is 8.42 Å². The van der Waals surface area contributed by atoms with Gasteiger partial charge in [0.1, 0.15) is 6.54 Å². The van der Waals surface area contributed by atoms with E-state index >= 15 is 0 Å². The Labute approximate surface area is 143 Å². The lowest BCUT2D eigenvalue weighted by molar-refractivity contribution is -0.119. The summed E-state index contributed by atoms with van der Waals surface area (Å²) in [7, 11) is -3.54. The molecular weight excluding hydrogens is 330 g/mol. The van der Waals surface area contributed by atoms with Gasteiger partial charge in [0.2, 0.25) is 15.9 Å². The van der Waals surface area contributed by atoms with Crippen molar-refractivity contribution in [2.45, 2.75) is 6.92 Å². The van der Waals surface area contributed by atoms with Crippen LogP contribution in [0.2, 0.25) is 0 Å². The van der Waals surface area contributed by atoms with Gasteiger partial charge in [0.25, 0.3) is 0 Å². The van der Waals surface area contributed by atoms with Crippen LogP contribution in [0, 0.1) is 6.92 Å². The highest BCUT2D eigenvalue weighted by molar-refractivity contribution is 7.92. The molecule has 8 heteroatoms. The van der Waals surface area contributed by atoms with Crippen molar-refractivity contribution in [2.75, 3.05) is 56.5 Å². The second kappa shape index (κ2) is 8.46. The number of nitrogens with one attached hydrogen (secondary N) is 1. The van der Waals surface area contributed by atoms with Gasteiger partial charge in [-0.2, -0.15) is 0 Å². The summed E-state index contributed by atoms with van der Waals surface area (Å²) in [6.45, 7) is 5.97. The zero-order valence-corrected chi connectivity index (χ0v) is 15.0. The van der Waals surface area contributed by atoms with Gasteiger partial charge < -0.3 is 10.1 Å². The molecule has 0 radical (unpaired) electrons. The minimum absolute atomic E-state index is 0.215. The van der Waals surface area contributed by atoms with Gasteiger partial charge in [-0.3, -0.25) is 14.0 Å². The number of ether oxygens (including phenoxy) is 1. The minimum atomic E-state index is -3.54. The van der Waals surface area contributed by atoms with Crippen LogP contribution in [-0.2, 0) is 19.6 Å². The normalized spacial score (nSPS) is 15.9. The number of carbonyl (C=O) groups excluding carboxylic acids is 1. The quantitative estimate of drug-likeness (QED) is 0.756. The van der Waals surface area contributed by atoms with E-state index in [9.17, 15) is 13.2 Å². The van der Waals surface area contributed by atoms with Crippen LogP contribution in [0.25, 0.3) is 0 Å². The van der Waals surface area contributed by atoms with Crippen LogP contribution < -0.4 is 9.62 Å². The van der Waals surface area contributed by atoms with Crippen LogP contribution in [0.1, 0.15) is 5.56 Å². The van der Waals surface area contributed by atoms with Crippen molar-refractivity contribution in [1.82, 2.24) is 10.2 Å². The van der Waals surface area contributed by atoms with Crippen molar-refractivity contribution in [3.05, 3.63) is 29.8 Å². The molecule has 1 amide bonds. The topological polar surface area (TPSA) is 79.0 Å². The Morgan fingerprint density at radius 2 is 1.96 bits per heavy atom. The Morgan fingerprint density at radius 1 is 1.29 bits per heavy atom. The predicted octanol–water partition coefficient (Wildman–Crippen LogP) is 0.209. The summed E-state index contributed by atoms with van der Waals surface area (Å²) in [5.41, 5.74) is 1.34. The van der Waals surface area contributed by atoms with Crippen molar-refractivity contribution < 1.29 is 17.9 Å². The Bertz CT molecular complexity index is 657. The Balaban J connectivity index is 1.92. The molecule has 1 heterocycles. The van der Waals surface area contributed by atoms with E-state index in [0.717, 1.165) is 35.8 Å². The molecule has 1 saturated heterocycles. The van der Waals surface area contributed by atoms with Gasteiger partial charge in [0.05, 0.1) is 25.2 Å². The first-order chi connectivity index (χ1) is 11.4. The number of rotatable bonds is 7. The van der Waals surface area contributed by atoms with E-state index in [1.54, 1.807) is 12.1 Å². The van der Waals surface area contributed by atoms with E-state index in [-0.39, 0.29) is 12.5 Å². The summed E-state index contributed by atoms with van der Waals surface area (Å²) in [6, 6.07) is 7.12. The van der Waals surface area contributed by atoms with Gasteiger partial charge >= 0.3 is 0 Å². The first kappa shape index (κ1) is 18.7. The molecule has 1 N–H and O–H groups in total. The van der Waals surface area contributed by atoms with Crippen molar-refractivity contribution in [3.63, 3.8) is 0 Å². The number of para-hydroxylation sites is 1. The molecule has 0 aromatic heterocycles. The summed E-state index contributed by atoms with van der Waals surface area (Å²) in [5.74, 6) is -0.308. The Kier molecular flexibility index (Phi) is 6.59. The number of carbonyl (C=O) groups is 1. The number of anilines is 1. The molecule has 24 heavy (non-hydrogen) atoms. The highest BCUT2D eigenvalue weighted by Crippen LogP contribution is 2.21. The van der Waals surface area contributed by atoms with Crippen LogP contribution in [-0.4, -0.2) is 71.4 Å². The van der Waals surface area contributed by atoms with Crippen LogP contribution in [0.3, 0.4) is 0 Å². The fourth-order valence-corrected chi connectivity index (χ4v) is 3.50. The molecule has 1 aliphatic heterocycles. The fourth-order valence-electron chi connectivity index (χ4n) is 2.59. The molecule has 0 unspecified atom stereocenters. The number of hydrogen-bond acceptors (Lipinski definition) is 5. The van der Waals surface area contributed by atoms with E-state index < -0.39 is 10.0 Å². The Morgan fingerprint density at radius 3 is 2.58 bits per heavy atom. The molecule has 2 rings (SSSR count). The monoisotopic (exact) mass is 355 g/mol. The second-order valence-electron chi connectivity index (χ2n) is 5.86.